The number of hydrogen-bond donors (Lipinski definition) is 2. The first kappa shape index (κ1) is 24.4. The summed E-state index contributed by atoms with van der Waals surface area (Å²) < 4.78 is 30.6. The van der Waals surface area contributed by atoms with Gasteiger partial charge in [0.2, 0.25) is 15.9 Å². The molecule has 0 aliphatic heterocycles. The molecule has 2 amide bonds. The van der Waals surface area contributed by atoms with E-state index < -0.39 is 10.0 Å². The van der Waals surface area contributed by atoms with Crippen molar-refractivity contribution in [3.05, 3.63) is 59.7 Å². The molecule has 0 saturated carbocycles. The highest BCUT2D eigenvalue weighted by atomic mass is 32.2. The molecule has 2 N–H and O–H groups in total. The van der Waals surface area contributed by atoms with E-state index in [1.165, 1.54) is 4.31 Å². The Labute approximate surface area is 183 Å². The third kappa shape index (κ3) is 7.69. The summed E-state index contributed by atoms with van der Waals surface area (Å²) in [5, 5.41) is 5.47. The summed E-state index contributed by atoms with van der Waals surface area (Å²) in [7, 11) is -1.94. The first-order valence-electron chi connectivity index (χ1n) is 9.92. The van der Waals surface area contributed by atoms with Crippen LogP contribution >= 0.6 is 0 Å². The van der Waals surface area contributed by atoms with Crippen LogP contribution in [-0.4, -0.2) is 53.3 Å². The lowest BCUT2D eigenvalue weighted by Gasteiger charge is -2.22. The van der Waals surface area contributed by atoms with Gasteiger partial charge in [0.1, 0.15) is 0 Å². The number of ether oxygens (including phenoxy) is 1. The van der Waals surface area contributed by atoms with Gasteiger partial charge in [-0.05, 0) is 43.2 Å². The third-order valence-electron chi connectivity index (χ3n) is 4.49. The minimum atomic E-state index is -3.48. The molecule has 0 aliphatic carbocycles. The van der Waals surface area contributed by atoms with Crippen LogP contribution in [0, 0.1) is 6.92 Å². The van der Waals surface area contributed by atoms with Crippen molar-refractivity contribution >= 4 is 33.2 Å². The lowest BCUT2D eigenvalue weighted by atomic mass is 10.1. The molecule has 0 atom stereocenters. The van der Waals surface area contributed by atoms with Crippen LogP contribution in [0.15, 0.2) is 48.5 Å². The number of nitrogens with one attached hydrogen (secondary N) is 2. The summed E-state index contributed by atoms with van der Waals surface area (Å²) in [5.41, 5.74) is 2.27. The predicted octanol–water partition coefficient (Wildman–Crippen LogP) is 2.56. The number of sulfonamides is 1. The number of rotatable bonds is 11. The summed E-state index contributed by atoms with van der Waals surface area (Å²) in [5.74, 6) is -0.606. The van der Waals surface area contributed by atoms with Gasteiger partial charge in [-0.25, -0.2) is 8.42 Å². The Balaban J connectivity index is 1.98. The number of amides is 2. The van der Waals surface area contributed by atoms with E-state index in [0.717, 1.165) is 11.8 Å². The van der Waals surface area contributed by atoms with Gasteiger partial charge in [0.05, 0.1) is 29.8 Å². The van der Waals surface area contributed by atoms with Crippen LogP contribution < -0.4 is 14.9 Å². The monoisotopic (exact) mass is 447 g/mol. The summed E-state index contributed by atoms with van der Waals surface area (Å²) in [6, 6.07) is 13.9. The Hall–Kier alpha value is -2.91. The number of anilines is 2. The Kier molecular flexibility index (Phi) is 9.02. The molecule has 0 unspecified atom stereocenters. The minimum absolute atomic E-state index is 0.109. The molecule has 2 aromatic carbocycles. The van der Waals surface area contributed by atoms with Gasteiger partial charge in [0.15, 0.2) is 0 Å². The Bertz CT molecular complexity index is 1010. The van der Waals surface area contributed by atoms with Gasteiger partial charge in [0.25, 0.3) is 5.91 Å². The highest BCUT2D eigenvalue weighted by Crippen LogP contribution is 2.20. The van der Waals surface area contributed by atoms with Crippen molar-refractivity contribution in [2.24, 2.45) is 0 Å². The molecule has 2 rings (SSSR count). The average molecular weight is 448 g/mol. The van der Waals surface area contributed by atoms with Gasteiger partial charge >= 0.3 is 0 Å². The van der Waals surface area contributed by atoms with E-state index in [2.05, 4.69) is 10.6 Å². The molecule has 168 valence electrons. The fourth-order valence-electron chi connectivity index (χ4n) is 3.02. The molecule has 0 bridgehead atoms. The van der Waals surface area contributed by atoms with Crippen molar-refractivity contribution in [3.63, 3.8) is 0 Å². The van der Waals surface area contributed by atoms with Crippen molar-refractivity contribution in [3.8, 4) is 0 Å². The second kappa shape index (κ2) is 11.5. The fourth-order valence-corrected chi connectivity index (χ4v) is 3.97. The summed E-state index contributed by atoms with van der Waals surface area (Å²) in [4.78, 5) is 24.8. The number of hydrogen-bond acceptors (Lipinski definition) is 5. The first-order chi connectivity index (χ1) is 14.7. The molecule has 8 nitrogen and oxygen atoms in total. The van der Waals surface area contributed by atoms with Crippen LogP contribution in [0.1, 0.15) is 28.8 Å². The average Bonchev–Trinajstić information content (AvgIpc) is 2.70. The smallest absolute Gasteiger partial charge is 0.253 e. The van der Waals surface area contributed by atoms with E-state index in [9.17, 15) is 18.0 Å². The standard InChI is InChI=1S/C22H29N3O5S/c1-17-8-6-9-18(16-17)25(31(3,28)29)14-7-12-21(26)24-20-11-5-4-10-19(20)22(27)23-13-15-30-2/h4-6,8-11,16H,7,12-15H2,1-3H3,(H,23,27)(H,24,26). The maximum Gasteiger partial charge on any atom is 0.253 e. The number of aryl methyl sites for hydroxylation is 1. The molecule has 0 aromatic heterocycles. The number of para-hydroxylation sites is 1. The number of benzene rings is 2. The zero-order valence-corrected chi connectivity index (χ0v) is 18.9. The second-order valence-corrected chi connectivity index (χ2v) is 9.03. The van der Waals surface area contributed by atoms with Gasteiger partial charge in [-0.3, -0.25) is 13.9 Å². The Morgan fingerprint density at radius 1 is 1.10 bits per heavy atom. The molecule has 0 aliphatic rings. The van der Waals surface area contributed by atoms with Crippen LogP contribution in [0.4, 0.5) is 11.4 Å². The summed E-state index contributed by atoms with van der Waals surface area (Å²) >= 11 is 0. The van der Waals surface area contributed by atoms with Crippen molar-refractivity contribution in [2.45, 2.75) is 19.8 Å². The molecule has 9 heteroatoms. The lowest BCUT2D eigenvalue weighted by molar-refractivity contribution is -0.116. The van der Waals surface area contributed by atoms with Crippen molar-refractivity contribution in [1.82, 2.24) is 5.32 Å². The van der Waals surface area contributed by atoms with Crippen LogP contribution in [0.25, 0.3) is 0 Å². The van der Waals surface area contributed by atoms with Gasteiger partial charge in [0, 0.05) is 26.6 Å². The highest BCUT2D eigenvalue weighted by molar-refractivity contribution is 7.92. The second-order valence-electron chi connectivity index (χ2n) is 7.12. The van der Waals surface area contributed by atoms with Gasteiger partial charge < -0.3 is 15.4 Å². The van der Waals surface area contributed by atoms with Crippen LogP contribution in [0.3, 0.4) is 0 Å². The molecule has 0 radical (unpaired) electrons. The first-order valence-corrected chi connectivity index (χ1v) is 11.8. The molecule has 0 spiro atoms. The quantitative estimate of drug-likeness (QED) is 0.515. The van der Waals surface area contributed by atoms with Crippen molar-refractivity contribution < 1.29 is 22.7 Å². The molecule has 0 saturated heterocycles. The maximum atomic E-state index is 12.4. The molecule has 2 aromatic rings. The van der Waals surface area contributed by atoms with Gasteiger partial charge in [-0.2, -0.15) is 0 Å². The zero-order valence-electron chi connectivity index (χ0n) is 18.1. The fraction of sp³-hybridized carbons (Fsp3) is 0.364. The minimum Gasteiger partial charge on any atom is -0.383 e. The Morgan fingerprint density at radius 2 is 1.84 bits per heavy atom. The number of carbonyl (C=O) groups is 2. The number of nitrogens with zero attached hydrogens (tertiary/aromatic N) is 1. The predicted molar refractivity (Wildman–Crippen MR) is 122 cm³/mol. The lowest BCUT2D eigenvalue weighted by Crippen LogP contribution is -2.31. The zero-order chi connectivity index (χ0) is 22.9. The number of carbonyl (C=O) groups excluding carboxylic acids is 2. The van der Waals surface area contributed by atoms with Crippen molar-refractivity contribution in [2.75, 3.05) is 42.7 Å². The SMILES string of the molecule is COCCNC(=O)c1ccccc1NC(=O)CCCN(c1cccc(C)c1)S(C)(=O)=O. The van der Waals surface area contributed by atoms with E-state index in [0.29, 0.717) is 36.5 Å². The van der Waals surface area contributed by atoms with Crippen LogP contribution in [0.2, 0.25) is 0 Å². The maximum absolute atomic E-state index is 12.4. The molecule has 0 fully saturated rings. The molecule has 0 heterocycles. The molecular formula is C22H29N3O5S. The van der Waals surface area contributed by atoms with E-state index in [1.807, 2.05) is 13.0 Å². The molecular weight excluding hydrogens is 418 g/mol. The van der Waals surface area contributed by atoms with Gasteiger partial charge in [-0.1, -0.05) is 24.3 Å². The Morgan fingerprint density at radius 3 is 2.52 bits per heavy atom. The topological polar surface area (TPSA) is 105 Å². The van der Waals surface area contributed by atoms with E-state index in [4.69, 9.17) is 4.74 Å². The van der Waals surface area contributed by atoms with Gasteiger partial charge in [-0.15, -0.1) is 0 Å². The summed E-state index contributed by atoms with van der Waals surface area (Å²) in [6.45, 7) is 2.81. The van der Waals surface area contributed by atoms with Crippen LogP contribution in [-0.2, 0) is 19.6 Å². The van der Waals surface area contributed by atoms with E-state index >= 15 is 0 Å². The highest BCUT2D eigenvalue weighted by Gasteiger charge is 2.18. The van der Waals surface area contributed by atoms with Crippen molar-refractivity contribution in [1.29, 1.82) is 0 Å². The summed E-state index contributed by atoms with van der Waals surface area (Å²) in [6.07, 6.45) is 1.58. The number of methoxy groups -OCH3 is 1. The van der Waals surface area contributed by atoms with Crippen LogP contribution in [0.5, 0.6) is 0 Å². The van der Waals surface area contributed by atoms with E-state index in [1.54, 1.807) is 49.6 Å². The normalized spacial score (nSPS) is 11.1. The molecule has 31 heavy (non-hydrogen) atoms. The van der Waals surface area contributed by atoms with E-state index in [-0.39, 0.29) is 24.8 Å². The largest absolute Gasteiger partial charge is 0.383 e. The third-order valence-corrected chi connectivity index (χ3v) is 5.69.